The summed E-state index contributed by atoms with van der Waals surface area (Å²) < 4.78 is 4.92. The molecule has 1 heterocycles. The first-order chi connectivity index (χ1) is 7.67. The summed E-state index contributed by atoms with van der Waals surface area (Å²) >= 11 is 0. The minimum atomic E-state index is -0.471. The van der Waals surface area contributed by atoms with Crippen LogP contribution in [0.15, 0.2) is 4.52 Å². The molecule has 94 valence electrons. The minimum absolute atomic E-state index is 0. The fraction of sp³-hybridized carbons (Fsp3) is 0.700. The Bertz CT molecular complexity index is 426. The van der Waals surface area contributed by atoms with Gasteiger partial charge in [0.25, 0.3) is 0 Å². The van der Waals surface area contributed by atoms with Crippen LogP contribution in [-0.4, -0.2) is 22.1 Å². The van der Waals surface area contributed by atoms with Crippen molar-refractivity contribution in [2.75, 3.05) is 0 Å². The summed E-state index contributed by atoms with van der Waals surface area (Å²) in [5.41, 5.74) is 5.56. The van der Waals surface area contributed by atoms with Crippen molar-refractivity contribution in [2.45, 2.75) is 43.7 Å². The van der Waals surface area contributed by atoms with Crippen LogP contribution in [0.1, 0.15) is 48.6 Å². The molecule has 2 saturated carbocycles. The number of nitrogens with zero attached hydrogens (tertiary/aromatic N) is 2. The molecule has 1 aromatic rings. The van der Waals surface area contributed by atoms with Crippen LogP contribution in [0.2, 0.25) is 0 Å². The van der Waals surface area contributed by atoms with Gasteiger partial charge in [-0.1, -0.05) is 5.16 Å². The maximum Gasteiger partial charge on any atom is 0.316 e. The van der Waals surface area contributed by atoms with Crippen LogP contribution >= 0.6 is 12.4 Å². The third kappa shape index (κ3) is 2.28. The Labute approximate surface area is 105 Å². The average molecular weight is 259 g/mol. The zero-order valence-electron chi connectivity index (χ0n) is 9.31. The Balaban J connectivity index is 0.00000108. The van der Waals surface area contributed by atoms with Crippen LogP contribution in [-0.2, 0) is 5.54 Å². The smallest absolute Gasteiger partial charge is 0.316 e. The standard InChI is InChI=1S/C10H14N4O2.ClH/c11-10(4-1-5-10)9-13-8(16-14-9)7(15)12-6-2-3-6;/h6H,1-5,11H2,(H,12,15);1H. The summed E-state index contributed by atoms with van der Waals surface area (Å²) in [6.45, 7) is 0. The molecule has 1 aromatic heterocycles. The van der Waals surface area contributed by atoms with Gasteiger partial charge in [0.05, 0.1) is 5.54 Å². The quantitative estimate of drug-likeness (QED) is 0.833. The Morgan fingerprint density at radius 3 is 2.71 bits per heavy atom. The topological polar surface area (TPSA) is 94.0 Å². The number of hydrogen-bond donors (Lipinski definition) is 2. The normalized spacial score (nSPS) is 21.2. The Hall–Kier alpha value is -1.14. The SMILES string of the molecule is Cl.NC1(c2noc(C(=O)NC3CC3)n2)CCC1. The first-order valence-corrected chi connectivity index (χ1v) is 5.61. The summed E-state index contributed by atoms with van der Waals surface area (Å²) in [7, 11) is 0. The van der Waals surface area contributed by atoms with E-state index >= 15 is 0 Å². The van der Waals surface area contributed by atoms with Gasteiger partial charge < -0.3 is 15.6 Å². The second kappa shape index (κ2) is 4.27. The number of carbonyl (C=O) groups is 1. The number of amides is 1. The van der Waals surface area contributed by atoms with Crippen molar-refractivity contribution in [3.63, 3.8) is 0 Å². The molecule has 6 nitrogen and oxygen atoms in total. The summed E-state index contributed by atoms with van der Waals surface area (Å²) in [5.74, 6) is 0.197. The van der Waals surface area contributed by atoms with Crippen molar-refractivity contribution in [1.82, 2.24) is 15.5 Å². The number of halogens is 1. The van der Waals surface area contributed by atoms with E-state index < -0.39 is 5.54 Å². The van der Waals surface area contributed by atoms with E-state index in [4.69, 9.17) is 10.3 Å². The number of hydrogen-bond acceptors (Lipinski definition) is 5. The van der Waals surface area contributed by atoms with Crippen LogP contribution < -0.4 is 11.1 Å². The van der Waals surface area contributed by atoms with Gasteiger partial charge in [0.15, 0.2) is 5.82 Å². The van der Waals surface area contributed by atoms with Crippen LogP contribution in [0, 0.1) is 0 Å². The summed E-state index contributed by atoms with van der Waals surface area (Å²) in [4.78, 5) is 15.7. The molecule has 1 amide bonds. The van der Waals surface area contributed by atoms with Gasteiger partial charge in [-0.25, -0.2) is 0 Å². The van der Waals surface area contributed by atoms with Gasteiger partial charge >= 0.3 is 11.8 Å². The van der Waals surface area contributed by atoms with E-state index in [1.807, 2.05) is 0 Å². The van der Waals surface area contributed by atoms with Gasteiger partial charge in [-0.05, 0) is 32.1 Å². The highest BCUT2D eigenvalue weighted by molar-refractivity contribution is 5.89. The van der Waals surface area contributed by atoms with Crippen molar-refractivity contribution in [3.8, 4) is 0 Å². The number of carbonyl (C=O) groups excluding carboxylic acids is 1. The zero-order chi connectivity index (χ0) is 11.2. The molecule has 0 unspecified atom stereocenters. The molecule has 0 aromatic carbocycles. The second-order valence-electron chi connectivity index (χ2n) is 4.68. The van der Waals surface area contributed by atoms with Gasteiger partial charge in [0, 0.05) is 6.04 Å². The Kier molecular flexibility index (Phi) is 3.09. The molecule has 2 aliphatic rings. The Morgan fingerprint density at radius 2 is 2.18 bits per heavy atom. The van der Waals surface area contributed by atoms with E-state index in [2.05, 4.69) is 15.5 Å². The highest BCUT2D eigenvalue weighted by Crippen LogP contribution is 2.36. The second-order valence-corrected chi connectivity index (χ2v) is 4.68. The van der Waals surface area contributed by atoms with Gasteiger partial charge in [-0.2, -0.15) is 4.98 Å². The van der Waals surface area contributed by atoms with Crippen molar-refractivity contribution in [1.29, 1.82) is 0 Å². The molecule has 17 heavy (non-hydrogen) atoms. The van der Waals surface area contributed by atoms with Gasteiger partial charge in [-0.15, -0.1) is 12.4 Å². The molecule has 0 aliphatic heterocycles. The molecule has 2 fully saturated rings. The molecule has 0 spiro atoms. The van der Waals surface area contributed by atoms with E-state index in [-0.39, 0.29) is 24.2 Å². The highest BCUT2D eigenvalue weighted by Gasteiger charge is 2.39. The first-order valence-electron chi connectivity index (χ1n) is 5.61. The van der Waals surface area contributed by atoms with E-state index in [9.17, 15) is 4.79 Å². The number of nitrogens with one attached hydrogen (secondary N) is 1. The lowest BCUT2D eigenvalue weighted by atomic mass is 9.77. The molecule has 3 rings (SSSR count). The van der Waals surface area contributed by atoms with E-state index in [1.165, 1.54) is 0 Å². The molecule has 2 aliphatic carbocycles. The van der Waals surface area contributed by atoms with Crippen molar-refractivity contribution in [3.05, 3.63) is 11.7 Å². The molecule has 0 saturated heterocycles. The van der Waals surface area contributed by atoms with E-state index in [0.717, 1.165) is 32.1 Å². The van der Waals surface area contributed by atoms with Gasteiger partial charge in [-0.3, -0.25) is 4.79 Å². The Morgan fingerprint density at radius 1 is 1.47 bits per heavy atom. The molecule has 0 radical (unpaired) electrons. The highest BCUT2D eigenvalue weighted by atomic mass is 35.5. The summed E-state index contributed by atoms with van der Waals surface area (Å²) in [6.07, 6.45) is 4.86. The lowest BCUT2D eigenvalue weighted by molar-refractivity contribution is 0.0907. The average Bonchev–Trinajstić information content (AvgIpc) is 2.89. The molecular weight excluding hydrogens is 244 g/mol. The lowest BCUT2D eigenvalue weighted by Crippen LogP contribution is -2.44. The third-order valence-electron chi connectivity index (χ3n) is 3.22. The monoisotopic (exact) mass is 258 g/mol. The van der Waals surface area contributed by atoms with Crippen molar-refractivity contribution >= 4 is 18.3 Å². The van der Waals surface area contributed by atoms with E-state index in [0.29, 0.717) is 11.9 Å². The lowest BCUT2D eigenvalue weighted by Gasteiger charge is -2.34. The molecule has 0 atom stereocenters. The maximum absolute atomic E-state index is 11.6. The predicted octanol–water partition coefficient (Wildman–Crippen LogP) is 0.721. The largest absolute Gasteiger partial charge is 0.345 e. The zero-order valence-corrected chi connectivity index (χ0v) is 10.1. The molecule has 0 bridgehead atoms. The van der Waals surface area contributed by atoms with E-state index in [1.54, 1.807) is 0 Å². The predicted molar refractivity (Wildman–Crippen MR) is 61.8 cm³/mol. The van der Waals surface area contributed by atoms with Gasteiger partial charge in [0.2, 0.25) is 0 Å². The van der Waals surface area contributed by atoms with Crippen LogP contribution in [0.4, 0.5) is 0 Å². The fourth-order valence-electron chi connectivity index (χ4n) is 1.77. The summed E-state index contributed by atoms with van der Waals surface area (Å²) in [5, 5.41) is 6.58. The molecule has 7 heteroatoms. The van der Waals surface area contributed by atoms with Crippen molar-refractivity contribution in [2.24, 2.45) is 5.73 Å². The minimum Gasteiger partial charge on any atom is -0.345 e. The van der Waals surface area contributed by atoms with Crippen LogP contribution in [0.5, 0.6) is 0 Å². The van der Waals surface area contributed by atoms with Crippen molar-refractivity contribution < 1.29 is 9.32 Å². The fourth-order valence-corrected chi connectivity index (χ4v) is 1.77. The third-order valence-corrected chi connectivity index (χ3v) is 3.22. The van der Waals surface area contributed by atoms with Gasteiger partial charge in [0.1, 0.15) is 0 Å². The van der Waals surface area contributed by atoms with Crippen LogP contribution in [0.25, 0.3) is 0 Å². The van der Waals surface area contributed by atoms with Crippen LogP contribution in [0.3, 0.4) is 0 Å². The number of nitrogens with two attached hydrogens (primary N) is 1. The summed E-state index contributed by atoms with van der Waals surface area (Å²) in [6, 6.07) is 0.290. The molecule has 3 N–H and O–H groups in total. The molecular formula is C10H15ClN4O2. The first kappa shape index (κ1) is 12.3. The number of aromatic nitrogens is 2. The maximum atomic E-state index is 11.6. The number of rotatable bonds is 3.